The summed E-state index contributed by atoms with van der Waals surface area (Å²) in [6.07, 6.45) is -3.86. The lowest BCUT2D eigenvalue weighted by molar-refractivity contribution is -0.167. The molecule has 2 rings (SSSR count). The van der Waals surface area contributed by atoms with E-state index in [9.17, 15) is 22.8 Å². The third kappa shape index (κ3) is 3.11. The molecule has 0 fully saturated rings. The number of nitrogens with zero attached hydrogens (tertiary/aromatic N) is 3. The van der Waals surface area contributed by atoms with Gasteiger partial charge in [0.15, 0.2) is 11.5 Å². The molecule has 118 valence electrons. The first-order chi connectivity index (χ1) is 10.2. The molecule has 0 aliphatic heterocycles. The summed E-state index contributed by atoms with van der Waals surface area (Å²) in [4.78, 5) is 26.7. The lowest BCUT2D eigenvalue weighted by Gasteiger charge is -2.06. The predicted octanol–water partition coefficient (Wildman–Crippen LogP) is 2.06. The number of anilines is 1. The summed E-state index contributed by atoms with van der Waals surface area (Å²) in [6, 6.07) is 1.31. The molecular formula is C11H8ClF3N4O3. The van der Waals surface area contributed by atoms with Crippen LogP contribution < -0.4 is 5.32 Å². The fourth-order valence-electron chi connectivity index (χ4n) is 1.56. The van der Waals surface area contributed by atoms with Crippen LogP contribution in [0, 0.1) is 0 Å². The number of fused-ring (bicyclic) bond motifs is 1. The van der Waals surface area contributed by atoms with Gasteiger partial charge in [-0.15, -0.1) is 5.10 Å². The molecule has 2 heterocycles. The quantitative estimate of drug-likeness (QED) is 0.685. The molecule has 0 bridgehead atoms. The molecule has 0 radical (unpaired) electrons. The number of nitrogens with one attached hydrogen (secondary N) is 1. The second kappa shape index (κ2) is 5.79. The van der Waals surface area contributed by atoms with Gasteiger partial charge in [0.25, 0.3) is 0 Å². The molecule has 0 aliphatic rings. The number of rotatable bonds is 3. The van der Waals surface area contributed by atoms with Gasteiger partial charge in [0, 0.05) is 6.20 Å². The third-order valence-electron chi connectivity index (χ3n) is 2.42. The predicted molar refractivity (Wildman–Crippen MR) is 68.6 cm³/mol. The Morgan fingerprint density at radius 3 is 2.73 bits per heavy atom. The minimum Gasteiger partial charge on any atom is -0.462 e. The number of esters is 1. The standard InChI is InChI=1S/C11H8ClF3N4O3/c1-2-22-9(20)6-7(17-10(21)11(13,14)15)18-19-4-3-5(12)16-8(6)19/h3-4H,2H2,1H3,(H,17,18,21). The molecule has 2 aromatic rings. The number of carbonyl (C=O) groups excluding carboxylic acids is 2. The molecule has 1 N–H and O–H groups in total. The summed E-state index contributed by atoms with van der Waals surface area (Å²) in [5.74, 6) is -3.87. The largest absolute Gasteiger partial charge is 0.471 e. The molecule has 0 saturated heterocycles. The minimum absolute atomic E-state index is 0.00773. The van der Waals surface area contributed by atoms with Gasteiger partial charge in [-0.3, -0.25) is 4.79 Å². The number of hydrogen-bond acceptors (Lipinski definition) is 5. The van der Waals surface area contributed by atoms with E-state index >= 15 is 0 Å². The maximum absolute atomic E-state index is 12.3. The van der Waals surface area contributed by atoms with Crippen LogP contribution in [0.4, 0.5) is 19.0 Å². The molecular weight excluding hydrogens is 329 g/mol. The Bertz CT molecular complexity index is 744. The molecule has 7 nitrogen and oxygen atoms in total. The molecule has 1 amide bonds. The number of amides is 1. The van der Waals surface area contributed by atoms with Crippen LogP contribution >= 0.6 is 11.6 Å². The second-order valence-corrected chi connectivity index (χ2v) is 4.30. The first-order valence-electron chi connectivity index (χ1n) is 5.84. The van der Waals surface area contributed by atoms with Crippen LogP contribution in [0.5, 0.6) is 0 Å². The summed E-state index contributed by atoms with van der Waals surface area (Å²) < 4.78 is 42.7. The summed E-state index contributed by atoms with van der Waals surface area (Å²) in [5, 5.41) is 5.18. The van der Waals surface area contributed by atoms with Crippen LogP contribution in [-0.4, -0.2) is 39.3 Å². The highest BCUT2D eigenvalue weighted by Crippen LogP contribution is 2.24. The molecule has 0 aromatic carbocycles. The molecule has 0 aliphatic carbocycles. The van der Waals surface area contributed by atoms with Crippen molar-refractivity contribution >= 4 is 34.9 Å². The lowest BCUT2D eigenvalue weighted by atomic mass is 10.3. The number of halogens is 4. The highest BCUT2D eigenvalue weighted by atomic mass is 35.5. The van der Waals surface area contributed by atoms with E-state index in [4.69, 9.17) is 16.3 Å². The SMILES string of the molecule is CCOC(=O)c1c(NC(=O)C(F)(F)F)nn2ccc(Cl)nc12. The van der Waals surface area contributed by atoms with E-state index in [1.807, 2.05) is 0 Å². The summed E-state index contributed by atoms with van der Waals surface area (Å²) >= 11 is 5.69. The van der Waals surface area contributed by atoms with Crippen LogP contribution in [0.3, 0.4) is 0 Å². The second-order valence-electron chi connectivity index (χ2n) is 3.91. The van der Waals surface area contributed by atoms with Gasteiger partial charge >= 0.3 is 18.1 Å². The molecule has 0 saturated carbocycles. The average Bonchev–Trinajstić information content (AvgIpc) is 2.75. The zero-order chi connectivity index (χ0) is 16.5. The summed E-state index contributed by atoms with van der Waals surface area (Å²) in [7, 11) is 0. The fraction of sp³-hybridized carbons (Fsp3) is 0.273. The van der Waals surface area contributed by atoms with Crippen molar-refractivity contribution < 1.29 is 27.5 Å². The van der Waals surface area contributed by atoms with Crippen molar-refractivity contribution in [2.75, 3.05) is 11.9 Å². The van der Waals surface area contributed by atoms with Crippen molar-refractivity contribution in [1.82, 2.24) is 14.6 Å². The Labute approximate surface area is 126 Å². The lowest BCUT2D eigenvalue weighted by Crippen LogP contribution is -2.30. The Hall–Kier alpha value is -2.36. The maximum Gasteiger partial charge on any atom is 0.471 e. The zero-order valence-electron chi connectivity index (χ0n) is 10.9. The Morgan fingerprint density at radius 1 is 1.45 bits per heavy atom. The Morgan fingerprint density at radius 2 is 2.14 bits per heavy atom. The highest BCUT2D eigenvalue weighted by molar-refractivity contribution is 6.29. The Kier molecular flexibility index (Phi) is 4.22. The summed E-state index contributed by atoms with van der Waals surface area (Å²) in [5.41, 5.74) is -0.551. The normalized spacial score (nSPS) is 11.5. The summed E-state index contributed by atoms with van der Waals surface area (Å²) in [6.45, 7) is 1.49. The smallest absolute Gasteiger partial charge is 0.462 e. The van der Waals surface area contributed by atoms with Gasteiger partial charge in [-0.25, -0.2) is 14.3 Å². The van der Waals surface area contributed by atoms with Crippen molar-refractivity contribution in [2.24, 2.45) is 0 Å². The molecule has 2 aromatic heterocycles. The van der Waals surface area contributed by atoms with Crippen LogP contribution in [0.15, 0.2) is 12.3 Å². The maximum atomic E-state index is 12.3. The number of ether oxygens (including phenoxy) is 1. The molecule has 11 heteroatoms. The zero-order valence-corrected chi connectivity index (χ0v) is 11.7. The van der Waals surface area contributed by atoms with Gasteiger partial charge in [-0.05, 0) is 13.0 Å². The van der Waals surface area contributed by atoms with Crippen molar-refractivity contribution in [2.45, 2.75) is 13.1 Å². The molecule has 0 unspecified atom stereocenters. The molecule has 0 spiro atoms. The fourth-order valence-corrected chi connectivity index (χ4v) is 1.70. The molecule has 0 atom stereocenters. The van der Waals surface area contributed by atoms with E-state index < -0.39 is 29.4 Å². The number of carbonyl (C=O) groups is 2. The van der Waals surface area contributed by atoms with E-state index in [-0.39, 0.29) is 17.4 Å². The monoisotopic (exact) mass is 336 g/mol. The van der Waals surface area contributed by atoms with Crippen LogP contribution in [0.1, 0.15) is 17.3 Å². The average molecular weight is 337 g/mol. The molecule has 22 heavy (non-hydrogen) atoms. The number of aromatic nitrogens is 3. The van der Waals surface area contributed by atoms with Crippen LogP contribution in [0.2, 0.25) is 5.15 Å². The topological polar surface area (TPSA) is 85.6 Å². The van der Waals surface area contributed by atoms with E-state index in [0.29, 0.717) is 0 Å². The highest BCUT2D eigenvalue weighted by Gasteiger charge is 2.40. The van der Waals surface area contributed by atoms with Crippen LogP contribution in [-0.2, 0) is 9.53 Å². The van der Waals surface area contributed by atoms with Gasteiger partial charge in [-0.2, -0.15) is 13.2 Å². The Balaban J connectivity index is 2.55. The van der Waals surface area contributed by atoms with E-state index in [1.54, 1.807) is 0 Å². The van der Waals surface area contributed by atoms with Gasteiger partial charge in [0.05, 0.1) is 6.61 Å². The van der Waals surface area contributed by atoms with Crippen molar-refractivity contribution in [3.63, 3.8) is 0 Å². The van der Waals surface area contributed by atoms with Crippen LogP contribution in [0.25, 0.3) is 5.65 Å². The number of hydrogen-bond donors (Lipinski definition) is 1. The third-order valence-corrected chi connectivity index (χ3v) is 2.63. The van der Waals surface area contributed by atoms with Crippen molar-refractivity contribution in [3.8, 4) is 0 Å². The first kappa shape index (κ1) is 16.0. The number of alkyl halides is 3. The van der Waals surface area contributed by atoms with Gasteiger partial charge < -0.3 is 10.1 Å². The van der Waals surface area contributed by atoms with Gasteiger partial charge in [0.1, 0.15) is 10.7 Å². The van der Waals surface area contributed by atoms with E-state index in [0.717, 1.165) is 4.52 Å². The van der Waals surface area contributed by atoms with E-state index in [2.05, 4.69) is 10.1 Å². The minimum atomic E-state index is -5.13. The van der Waals surface area contributed by atoms with Crippen molar-refractivity contribution in [3.05, 3.63) is 23.0 Å². The first-order valence-corrected chi connectivity index (χ1v) is 6.22. The van der Waals surface area contributed by atoms with Crippen molar-refractivity contribution in [1.29, 1.82) is 0 Å². The van der Waals surface area contributed by atoms with E-state index in [1.165, 1.54) is 24.5 Å². The van der Waals surface area contributed by atoms with Gasteiger partial charge in [0.2, 0.25) is 0 Å². The van der Waals surface area contributed by atoms with Gasteiger partial charge in [-0.1, -0.05) is 11.6 Å².